The molecule has 3 heterocycles. The van der Waals surface area contributed by atoms with Gasteiger partial charge in [-0.05, 0) is 19.9 Å². The summed E-state index contributed by atoms with van der Waals surface area (Å²) in [5.74, 6) is -0.0848. The molecule has 2 aromatic heterocycles. The lowest BCUT2D eigenvalue weighted by Crippen LogP contribution is -2.58. The molecule has 0 unspecified atom stereocenters. The Morgan fingerprint density at radius 3 is 2.69 bits per heavy atom. The van der Waals surface area contributed by atoms with Gasteiger partial charge in [0.2, 0.25) is 0 Å². The Morgan fingerprint density at radius 2 is 2.03 bits per heavy atom. The molecule has 1 fully saturated rings. The van der Waals surface area contributed by atoms with Gasteiger partial charge in [-0.1, -0.05) is 11.6 Å². The third-order valence-corrected chi connectivity index (χ3v) is 6.83. The molecule has 3 aromatic rings. The monoisotopic (exact) mass is 478 g/mol. The standard InChI is InChI=1S/C22H23ClN2O6S/c1-12-18(32-11-24-12)10-30-17-8-14-16(9-15(17)23)31-13(2)19(14)20(26)25-22(21(27)28-3)4-6-29-7-5-22/h8-9,11H,4-7,10H2,1-3H3,(H,25,26). The number of rotatable bonds is 6. The van der Waals surface area contributed by atoms with E-state index in [-0.39, 0.29) is 0 Å². The summed E-state index contributed by atoms with van der Waals surface area (Å²) in [6, 6.07) is 3.31. The summed E-state index contributed by atoms with van der Waals surface area (Å²) in [5, 5.41) is 3.80. The molecule has 1 saturated heterocycles. The van der Waals surface area contributed by atoms with Gasteiger partial charge in [0.25, 0.3) is 5.91 Å². The van der Waals surface area contributed by atoms with Crippen LogP contribution in [0.25, 0.3) is 11.0 Å². The number of ether oxygens (including phenoxy) is 3. The number of nitrogens with zero attached hydrogens (tertiary/aromatic N) is 1. The van der Waals surface area contributed by atoms with Crippen molar-refractivity contribution in [3.63, 3.8) is 0 Å². The minimum Gasteiger partial charge on any atom is -0.486 e. The molecule has 1 N–H and O–H groups in total. The number of hydrogen-bond acceptors (Lipinski definition) is 8. The third-order valence-electron chi connectivity index (χ3n) is 5.62. The van der Waals surface area contributed by atoms with Crippen molar-refractivity contribution >= 4 is 45.8 Å². The average Bonchev–Trinajstić information content (AvgIpc) is 3.33. The molecule has 1 aliphatic heterocycles. The smallest absolute Gasteiger partial charge is 0.331 e. The van der Waals surface area contributed by atoms with Crippen LogP contribution < -0.4 is 10.1 Å². The van der Waals surface area contributed by atoms with E-state index in [9.17, 15) is 9.59 Å². The van der Waals surface area contributed by atoms with Gasteiger partial charge in [-0.25, -0.2) is 9.78 Å². The summed E-state index contributed by atoms with van der Waals surface area (Å²) >= 11 is 7.89. The van der Waals surface area contributed by atoms with E-state index in [0.717, 1.165) is 10.6 Å². The maximum atomic E-state index is 13.3. The van der Waals surface area contributed by atoms with E-state index in [4.69, 9.17) is 30.2 Å². The number of carbonyl (C=O) groups is 2. The van der Waals surface area contributed by atoms with Crippen molar-refractivity contribution in [2.45, 2.75) is 38.8 Å². The van der Waals surface area contributed by atoms with Gasteiger partial charge >= 0.3 is 5.97 Å². The first kappa shape index (κ1) is 22.6. The Morgan fingerprint density at radius 1 is 1.28 bits per heavy atom. The molecule has 0 aliphatic carbocycles. The molecule has 1 aliphatic rings. The summed E-state index contributed by atoms with van der Waals surface area (Å²) < 4.78 is 22.0. The molecule has 170 valence electrons. The molecule has 1 amide bonds. The summed E-state index contributed by atoms with van der Waals surface area (Å²) in [6.45, 7) is 4.62. The van der Waals surface area contributed by atoms with E-state index in [1.807, 2.05) is 6.92 Å². The summed E-state index contributed by atoms with van der Waals surface area (Å²) in [7, 11) is 1.31. The second kappa shape index (κ2) is 9.09. The molecule has 0 spiro atoms. The van der Waals surface area contributed by atoms with Crippen LogP contribution in [0.5, 0.6) is 5.75 Å². The number of halogens is 1. The van der Waals surface area contributed by atoms with E-state index in [0.29, 0.717) is 65.7 Å². The SMILES string of the molecule is COC(=O)C1(NC(=O)c2c(C)oc3cc(Cl)c(OCc4scnc4C)cc23)CCOCC1. The minimum absolute atomic E-state index is 0.311. The highest BCUT2D eigenvalue weighted by Crippen LogP contribution is 2.36. The molecule has 32 heavy (non-hydrogen) atoms. The van der Waals surface area contributed by atoms with E-state index in [2.05, 4.69) is 10.3 Å². The lowest BCUT2D eigenvalue weighted by Gasteiger charge is -2.35. The fraction of sp³-hybridized carbons (Fsp3) is 0.409. The van der Waals surface area contributed by atoms with Crippen molar-refractivity contribution < 1.29 is 28.2 Å². The Hall–Kier alpha value is -2.62. The van der Waals surface area contributed by atoms with Crippen molar-refractivity contribution in [1.82, 2.24) is 10.3 Å². The van der Waals surface area contributed by atoms with Gasteiger partial charge in [-0.3, -0.25) is 4.79 Å². The number of benzene rings is 1. The molecule has 1 aromatic carbocycles. The highest BCUT2D eigenvalue weighted by Gasteiger charge is 2.43. The van der Waals surface area contributed by atoms with Crippen LogP contribution in [0, 0.1) is 13.8 Å². The van der Waals surface area contributed by atoms with Gasteiger partial charge in [0, 0.05) is 37.5 Å². The first-order chi connectivity index (χ1) is 15.3. The van der Waals surface area contributed by atoms with E-state index >= 15 is 0 Å². The van der Waals surface area contributed by atoms with Crippen molar-refractivity contribution in [3.8, 4) is 5.75 Å². The second-order valence-electron chi connectivity index (χ2n) is 7.60. The van der Waals surface area contributed by atoms with Crippen LogP contribution in [0.2, 0.25) is 5.02 Å². The van der Waals surface area contributed by atoms with E-state index < -0.39 is 17.4 Å². The van der Waals surface area contributed by atoms with E-state index in [1.54, 1.807) is 24.6 Å². The molecular formula is C22H23ClN2O6S. The number of esters is 1. The van der Waals surface area contributed by atoms with Crippen LogP contribution in [0.4, 0.5) is 0 Å². The highest BCUT2D eigenvalue weighted by atomic mass is 35.5. The topological polar surface area (TPSA) is 99.9 Å². The predicted molar refractivity (Wildman–Crippen MR) is 119 cm³/mol. The Labute approximate surface area is 193 Å². The number of aryl methyl sites for hydroxylation is 2. The van der Waals surface area contributed by atoms with Gasteiger partial charge < -0.3 is 23.9 Å². The zero-order valence-electron chi connectivity index (χ0n) is 18.0. The molecule has 4 rings (SSSR count). The lowest BCUT2D eigenvalue weighted by molar-refractivity contribution is -0.152. The fourth-order valence-corrected chi connectivity index (χ4v) is 4.69. The molecule has 0 bridgehead atoms. The highest BCUT2D eigenvalue weighted by molar-refractivity contribution is 7.09. The minimum atomic E-state index is -1.14. The van der Waals surface area contributed by atoms with Crippen LogP contribution in [0.1, 0.15) is 39.5 Å². The lowest BCUT2D eigenvalue weighted by atomic mass is 9.89. The van der Waals surface area contributed by atoms with Crippen LogP contribution in [-0.2, 0) is 20.9 Å². The number of thiazole rings is 1. The number of hydrogen-bond donors (Lipinski definition) is 1. The van der Waals surface area contributed by atoms with Gasteiger partial charge in [0.1, 0.15) is 29.2 Å². The maximum Gasteiger partial charge on any atom is 0.331 e. The Bertz CT molecular complexity index is 1160. The number of furan rings is 1. The molecular weight excluding hydrogens is 456 g/mol. The third kappa shape index (κ3) is 4.20. The summed E-state index contributed by atoms with van der Waals surface area (Å²) in [4.78, 5) is 31.0. The Balaban J connectivity index is 1.65. The number of nitrogens with one attached hydrogen (secondary N) is 1. The molecule has 0 atom stereocenters. The quantitative estimate of drug-likeness (QED) is 0.530. The number of carbonyl (C=O) groups excluding carboxylic acids is 2. The van der Waals surface area contributed by atoms with Gasteiger partial charge in [-0.2, -0.15) is 0 Å². The number of methoxy groups -OCH3 is 1. The van der Waals surface area contributed by atoms with E-state index in [1.165, 1.54) is 18.4 Å². The first-order valence-corrected chi connectivity index (χ1v) is 11.3. The van der Waals surface area contributed by atoms with Gasteiger partial charge in [-0.15, -0.1) is 11.3 Å². The molecule has 0 saturated carbocycles. The molecule has 0 radical (unpaired) electrons. The number of fused-ring (bicyclic) bond motifs is 1. The summed E-state index contributed by atoms with van der Waals surface area (Å²) in [5.41, 5.74) is 2.29. The van der Waals surface area contributed by atoms with Crippen molar-refractivity contribution in [2.75, 3.05) is 20.3 Å². The van der Waals surface area contributed by atoms with Crippen molar-refractivity contribution in [1.29, 1.82) is 0 Å². The average molecular weight is 479 g/mol. The van der Waals surface area contributed by atoms with Gasteiger partial charge in [0.05, 0.1) is 33.8 Å². The number of aromatic nitrogens is 1. The maximum absolute atomic E-state index is 13.3. The normalized spacial score (nSPS) is 15.5. The summed E-state index contributed by atoms with van der Waals surface area (Å²) in [6.07, 6.45) is 0.656. The number of amides is 1. The molecule has 10 heteroatoms. The molecule has 8 nitrogen and oxygen atoms in total. The van der Waals surface area contributed by atoms with Crippen LogP contribution in [0.15, 0.2) is 22.1 Å². The zero-order chi connectivity index (χ0) is 22.9. The predicted octanol–water partition coefficient (Wildman–Crippen LogP) is 4.19. The van der Waals surface area contributed by atoms with Crippen molar-refractivity contribution in [2.24, 2.45) is 0 Å². The van der Waals surface area contributed by atoms with Crippen molar-refractivity contribution in [3.05, 3.63) is 44.6 Å². The second-order valence-corrected chi connectivity index (χ2v) is 8.95. The fourth-order valence-electron chi connectivity index (χ4n) is 3.80. The largest absolute Gasteiger partial charge is 0.486 e. The van der Waals surface area contributed by atoms with Crippen LogP contribution in [-0.4, -0.2) is 42.7 Å². The Kier molecular flexibility index (Phi) is 6.41. The first-order valence-electron chi connectivity index (χ1n) is 10.1. The zero-order valence-corrected chi connectivity index (χ0v) is 19.5. The van der Waals surface area contributed by atoms with Gasteiger partial charge in [0.15, 0.2) is 0 Å². The van der Waals surface area contributed by atoms with Crippen LogP contribution in [0.3, 0.4) is 0 Å². The van der Waals surface area contributed by atoms with Crippen LogP contribution >= 0.6 is 22.9 Å².